The molecule has 5 nitrogen and oxygen atoms in total. The van der Waals surface area contributed by atoms with E-state index >= 15 is 0 Å². The first-order valence-corrected chi connectivity index (χ1v) is 5.94. The number of fused-ring (bicyclic) bond motifs is 1. The van der Waals surface area contributed by atoms with E-state index in [1.807, 2.05) is 22.8 Å². The molecule has 1 aromatic carbocycles. The largest absolute Gasteiger partial charge is 0.497 e. The van der Waals surface area contributed by atoms with Crippen LogP contribution in [0.1, 0.15) is 6.92 Å². The highest BCUT2D eigenvalue weighted by Gasteiger charge is 2.12. The number of aromatic nitrogens is 2. The number of nitrogen functional groups attached to an aromatic ring is 1. The molecule has 1 heterocycles. The van der Waals surface area contributed by atoms with Gasteiger partial charge in [0.1, 0.15) is 5.75 Å². The van der Waals surface area contributed by atoms with E-state index < -0.39 is 0 Å². The van der Waals surface area contributed by atoms with Crippen molar-refractivity contribution >= 4 is 17.0 Å². The van der Waals surface area contributed by atoms with Gasteiger partial charge in [-0.05, 0) is 18.1 Å². The molecule has 0 saturated carbocycles. The van der Waals surface area contributed by atoms with Gasteiger partial charge in [-0.15, -0.1) is 0 Å². The molecule has 0 radical (unpaired) electrons. The molecular weight excluding hydrogens is 230 g/mol. The van der Waals surface area contributed by atoms with E-state index in [2.05, 4.69) is 11.9 Å². The van der Waals surface area contributed by atoms with Crippen molar-refractivity contribution in [3.05, 3.63) is 18.2 Å². The Morgan fingerprint density at radius 1 is 1.39 bits per heavy atom. The van der Waals surface area contributed by atoms with Gasteiger partial charge in [0.25, 0.3) is 0 Å². The fraction of sp³-hybridized carbons (Fsp3) is 0.462. The monoisotopic (exact) mass is 249 g/mol. The summed E-state index contributed by atoms with van der Waals surface area (Å²) in [6, 6.07) is 5.76. The second-order valence-electron chi connectivity index (χ2n) is 4.50. The minimum absolute atomic E-state index is 0.376. The number of nitrogens with zero attached hydrogens (tertiary/aromatic N) is 2. The molecule has 0 aliphatic heterocycles. The molecule has 5 heteroatoms. The lowest BCUT2D eigenvalue weighted by molar-refractivity contribution is 0.152. The van der Waals surface area contributed by atoms with E-state index in [0.717, 1.165) is 23.3 Å². The van der Waals surface area contributed by atoms with Crippen molar-refractivity contribution in [2.75, 3.05) is 26.6 Å². The molecular formula is C13H19N3O2. The number of ether oxygens (including phenoxy) is 2. The third-order valence-electron chi connectivity index (χ3n) is 2.93. The maximum Gasteiger partial charge on any atom is 0.201 e. The van der Waals surface area contributed by atoms with Gasteiger partial charge in [0.2, 0.25) is 5.95 Å². The smallest absolute Gasteiger partial charge is 0.201 e. The predicted molar refractivity (Wildman–Crippen MR) is 71.7 cm³/mol. The Labute approximate surface area is 107 Å². The Balaban J connectivity index is 2.38. The van der Waals surface area contributed by atoms with E-state index in [1.54, 1.807) is 14.2 Å². The zero-order valence-corrected chi connectivity index (χ0v) is 11.0. The first kappa shape index (κ1) is 12.7. The molecule has 0 saturated heterocycles. The molecule has 2 aromatic rings. The van der Waals surface area contributed by atoms with Crippen molar-refractivity contribution in [1.29, 1.82) is 0 Å². The zero-order chi connectivity index (χ0) is 13.1. The number of benzene rings is 1. The summed E-state index contributed by atoms with van der Waals surface area (Å²) in [6.45, 7) is 3.60. The van der Waals surface area contributed by atoms with E-state index in [1.165, 1.54) is 0 Å². The number of hydrogen-bond acceptors (Lipinski definition) is 4. The SMILES string of the molecule is COCC(C)Cn1c(N)nc2ccc(OC)cc21. The second-order valence-corrected chi connectivity index (χ2v) is 4.50. The highest BCUT2D eigenvalue weighted by Crippen LogP contribution is 2.24. The third-order valence-corrected chi connectivity index (χ3v) is 2.93. The van der Waals surface area contributed by atoms with Crippen molar-refractivity contribution in [1.82, 2.24) is 9.55 Å². The molecule has 2 N–H and O–H groups in total. The predicted octanol–water partition coefficient (Wildman–Crippen LogP) is 1.91. The molecule has 98 valence electrons. The Morgan fingerprint density at radius 2 is 2.17 bits per heavy atom. The first-order valence-electron chi connectivity index (χ1n) is 5.94. The number of nitrogens with two attached hydrogens (primary N) is 1. The molecule has 0 aliphatic rings. The fourth-order valence-corrected chi connectivity index (χ4v) is 2.09. The van der Waals surface area contributed by atoms with Crippen LogP contribution in [0, 0.1) is 5.92 Å². The van der Waals surface area contributed by atoms with Gasteiger partial charge in [-0.3, -0.25) is 0 Å². The van der Waals surface area contributed by atoms with Gasteiger partial charge in [-0.2, -0.15) is 0 Å². The van der Waals surface area contributed by atoms with E-state index in [0.29, 0.717) is 18.5 Å². The van der Waals surface area contributed by atoms with Crippen LogP contribution >= 0.6 is 0 Å². The van der Waals surface area contributed by atoms with E-state index in [9.17, 15) is 0 Å². The molecule has 0 bridgehead atoms. The van der Waals surface area contributed by atoms with Gasteiger partial charge < -0.3 is 19.8 Å². The van der Waals surface area contributed by atoms with Crippen molar-refractivity contribution in [3.8, 4) is 5.75 Å². The van der Waals surface area contributed by atoms with Gasteiger partial charge in [0.05, 0.1) is 24.8 Å². The van der Waals surface area contributed by atoms with Gasteiger partial charge >= 0.3 is 0 Å². The lowest BCUT2D eigenvalue weighted by Crippen LogP contribution is -2.14. The normalized spacial score (nSPS) is 12.8. The van der Waals surface area contributed by atoms with Crippen molar-refractivity contribution < 1.29 is 9.47 Å². The molecule has 2 rings (SSSR count). The van der Waals surface area contributed by atoms with Crippen LogP contribution in [0.15, 0.2) is 18.2 Å². The van der Waals surface area contributed by atoms with Crippen LogP contribution in [-0.4, -0.2) is 30.4 Å². The van der Waals surface area contributed by atoms with Gasteiger partial charge in [-0.25, -0.2) is 4.98 Å². The Kier molecular flexibility index (Phi) is 3.72. The summed E-state index contributed by atoms with van der Waals surface area (Å²) in [4.78, 5) is 4.35. The minimum atomic E-state index is 0.376. The summed E-state index contributed by atoms with van der Waals surface area (Å²) >= 11 is 0. The summed E-state index contributed by atoms with van der Waals surface area (Å²) in [5, 5.41) is 0. The van der Waals surface area contributed by atoms with Crippen LogP contribution < -0.4 is 10.5 Å². The summed E-state index contributed by atoms with van der Waals surface area (Å²) in [7, 11) is 3.35. The summed E-state index contributed by atoms with van der Waals surface area (Å²) < 4.78 is 12.4. The molecule has 0 aliphatic carbocycles. The van der Waals surface area contributed by atoms with E-state index in [4.69, 9.17) is 15.2 Å². The van der Waals surface area contributed by atoms with Crippen LogP contribution in [0.4, 0.5) is 5.95 Å². The Morgan fingerprint density at radius 3 is 2.83 bits per heavy atom. The number of hydrogen-bond donors (Lipinski definition) is 1. The third kappa shape index (κ3) is 2.41. The Hall–Kier alpha value is -1.75. The van der Waals surface area contributed by atoms with Crippen LogP contribution in [-0.2, 0) is 11.3 Å². The summed E-state index contributed by atoms with van der Waals surface area (Å²) in [6.07, 6.45) is 0. The highest BCUT2D eigenvalue weighted by atomic mass is 16.5. The molecule has 0 fully saturated rings. The van der Waals surface area contributed by atoms with Crippen LogP contribution in [0.2, 0.25) is 0 Å². The molecule has 18 heavy (non-hydrogen) atoms. The maximum atomic E-state index is 5.96. The highest BCUT2D eigenvalue weighted by molar-refractivity contribution is 5.79. The van der Waals surface area contributed by atoms with Crippen molar-refractivity contribution in [2.45, 2.75) is 13.5 Å². The van der Waals surface area contributed by atoms with Crippen LogP contribution in [0.25, 0.3) is 11.0 Å². The van der Waals surface area contributed by atoms with Crippen molar-refractivity contribution in [2.24, 2.45) is 5.92 Å². The van der Waals surface area contributed by atoms with Gasteiger partial charge in [0, 0.05) is 19.7 Å². The molecule has 1 atom stereocenters. The quantitative estimate of drug-likeness (QED) is 0.879. The van der Waals surface area contributed by atoms with E-state index in [-0.39, 0.29) is 0 Å². The number of rotatable bonds is 5. The zero-order valence-electron chi connectivity index (χ0n) is 11.0. The lowest BCUT2D eigenvalue weighted by Gasteiger charge is -2.13. The summed E-state index contributed by atoms with van der Waals surface area (Å²) in [5.74, 6) is 1.71. The lowest BCUT2D eigenvalue weighted by atomic mass is 10.2. The average molecular weight is 249 g/mol. The molecule has 0 spiro atoms. The standard InChI is InChI=1S/C13H19N3O2/c1-9(8-17-2)7-16-12-6-10(18-3)4-5-11(12)15-13(16)14/h4-6,9H,7-8H2,1-3H3,(H2,14,15). The number of methoxy groups -OCH3 is 2. The first-order chi connectivity index (χ1) is 8.65. The second kappa shape index (κ2) is 5.27. The topological polar surface area (TPSA) is 62.3 Å². The van der Waals surface area contributed by atoms with Gasteiger partial charge in [-0.1, -0.05) is 6.92 Å². The summed E-state index contributed by atoms with van der Waals surface area (Å²) in [5.41, 5.74) is 7.84. The average Bonchev–Trinajstić information content (AvgIpc) is 2.65. The number of anilines is 1. The molecule has 0 amide bonds. The molecule has 1 aromatic heterocycles. The number of imidazole rings is 1. The minimum Gasteiger partial charge on any atom is -0.497 e. The molecule has 1 unspecified atom stereocenters. The Bertz CT molecular complexity index is 536. The van der Waals surface area contributed by atoms with Gasteiger partial charge in [0.15, 0.2) is 0 Å². The van der Waals surface area contributed by atoms with Crippen LogP contribution in [0.3, 0.4) is 0 Å². The fourth-order valence-electron chi connectivity index (χ4n) is 2.09. The van der Waals surface area contributed by atoms with Crippen LogP contribution in [0.5, 0.6) is 5.75 Å². The van der Waals surface area contributed by atoms with Crippen molar-refractivity contribution in [3.63, 3.8) is 0 Å². The maximum absolute atomic E-state index is 5.96.